The Balaban J connectivity index is 1.77. The number of ketones is 1. The number of esters is 1. The van der Waals surface area contributed by atoms with Crippen molar-refractivity contribution in [2.24, 2.45) is 5.92 Å². The summed E-state index contributed by atoms with van der Waals surface area (Å²) >= 11 is 0. The number of hydrogen-bond acceptors (Lipinski definition) is 3. The number of benzene rings is 1. The van der Waals surface area contributed by atoms with Crippen molar-refractivity contribution in [3.8, 4) is 0 Å². The molecule has 2 fully saturated rings. The van der Waals surface area contributed by atoms with Crippen LogP contribution >= 0.6 is 0 Å². The highest BCUT2D eigenvalue weighted by Crippen LogP contribution is 2.43. The van der Waals surface area contributed by atoms with Gasteiger partial charge in [-0.25, -0.2) is 4.39 Å². The van der Waals surface area contributed by atoms with Gasteiger partial charge < -0.3 is 4.74 Å². The second-order valence-corrected chi connectivity index (χ2v) is 6.54. The molecule has 1 unspecified atom stereocenters. The van der Waals surface area contributed by atoms with Gasteiger partial charge in [0.2, 0.25) is 0 Å². The summed E-state index contributed by atoms with van der Waals surface area (Å²) in [6.07, 6.45) is 5.88. The van der Waals surface area contributed by atoms with Crippen molar-refractivity contribution >= 4 is 11.8 Å². The van der Waals surface area contributed by atoms with E-state index in [9.17, 15) is 14.0 Å². The van der Waals surface area contributed by atoms with Crippen LogP contribution in [0.15, 0.2) is 24.3 Å². The first-order chi connectivity index (χ1) is 10.6. The van der Waals surface area contributed by atoms with E-state index in [0.717, 1.165) is 31.2 Å². The molecule has 1 atom stereocenters. The molecule has 1 aliphatic heterocycles. The number of carbonyl (C=O) groups is 2. The molecule has 0 N–H and O–H groups in total. The zero-order chi connectivity index (χ0) is 15.6. The summed E-state index contributed by atoms with van der Waals surface area (Å²) in [7, 11) is 0. The van der Waals surface area contributed by atoms with Crippen molar-refractivity contribution < 1.29 is 18.7 Å². The van der Waals surface area contributed by atoms with Crippen LogP contribution in [0.2, 0.25) is 0 Å². The summed E-state index contributed by atoms with van der Waals surface area (Å²) in [5, 5.41) is 0. The molecule has 3 nitrogen and oxygen atoms in total. The Kier molecular flexibility index (Phi) is 4.27. The van der Waals surface area contributed by atoms with Gasteiger partial charge in [0.15, 0.2) is 0 Å². The molecule has 1 saturated heterocycles. The van der Waals surface area contributed by atoms with Gasteiger partial charge >= 0.3 is 5.97 Å². The largest absolute Gasteiger partial charge is 0.458 e. The smallest absolute Gasteiger partial charge is 0.313 e. The van der Waals surface area contributed by atoms with E-state index < -0.39 is 5.60 Å². The molecule has 3 rings (SSSR count). The molecule has 4 heteroatoms. The lowest BCUT2D eigenvalue weighted by Gasteiger charge is -2.41. The maximum atomic E-state index is 13.0. The third-order valence-corrected chi connectivity index (χ3v) is 5.00. The zero-order valence-electron chi connectivity index (χ0n) is 12.6. The SMILES string of the molecule is O=C1CC(=O)OC(CCc2ccc(F)cc2)(C2CCCC2)C1. The number of cyclic esters (lactones) is 1. The number of Topliss-reactive ketones (excluding diaryl/α,β-unsaturated/α-hetero) is 1. The number of ether oxygens (including phenoxy) is 1. The summed E-state index contributed by atoms with van der Waals surface area (Å²) in [6, 6.07) is 6.39. The van der Waals surface area contributed by atoms with Crippen LogP contribution in [-0.4, -0.2) is 17.4 Å². The van der Waals surface area contributed by atoms with Gasteiger partial charge in [0.05, 0.1) is 0 Å². The topological polar surface area (TPSA) is 43.4 Å². The molecule has 2 aliphatic rings. The molecule has 1 aromatic carbocycles. The van der Waals surface area contributed by atoms with E-state index in [0.29, 0.717) is 19.3 Å². The van der Waals surface area contributed by atoms with Crippen LogP contribution in [0.4, 0.5) is 4.39 Å². The summed E-state index contributed by atoms with van der Waals surface area (Å²) in [5.74, 6) is -0.376. The average molecular weight is 304 g/mol. The van der Waals surface area contributed by atoms with Crippen LogP contribution in [0.3, 0.4) is 0 Å². The molecule has 0 bridgehead atoms. The van der Waals surface area contributed by atoms with Gasteiger partial charge in [0.1, 0.15) is 23.6 Å². The second-order valence-electron chi connectivity index (χ2n) is 6.54. The molecule has 22 heavy (non-hydrogen) atoms. The van der Waals surface area contributed by atoms with Crippen molar-refractivity contribution in [3.05, 3.63) is 35.6 Å². The fraction of sp³-hybridized carbons (Fsp3) is 0.556. The van der Waals surface area contributed by atoms with E-state index in [-0.39, 0.29) is 29.9 Å². The summed E-state index contributed by atoms with van der Waals surface area (Å²) in [4.78, 5) is 23.8. The Morgan fingerprint density at radius 2 is 1.82 bits per heavy atom. The maximum Gasteiger partial charge on any atom is 0.313 e. The van der Waals surface area contributed by atoms with E-state index in [1.54, 1.807) is 12.1 Å². The minimum Gasteiger partial charge on any atom is -0.458 e. The standard InChI is InChI=1S/C18H21FO3/c19-15-7-5-13(6-8-15)9-10-18(14-3-1-2-4-14)12-16(20)11-17(21)22-18/h5-8,14H,1-4,9-12H2. The van der Waals surface area contributed by atoms with Crippen molar-refractivity contribution in [2.75, 3.05) is 0 Å². The highest BCUT2D eigenvalue weighted by molar-refractivity contribution is 5.98. The van der Waals surface area contributed by atoms with Gasteiger partial charge in [0.25, 0.3) is 0 Å². The monoisotopic (exact) mass is 304 g/mol. The van der Waals surface area contributed by atoms with Crippen LogP contribution in [0, 0.1) is 11.7 Å². The fourth-order valence-electron chi connectivity index (χ4n) is 3.89. The predicted molar refractivity (Wildman–Crippen MR) is 79.7 cm³/mol. The molecule has 1 aliphatic carbocycles. The number of carbonyl (C=O) groups excluding carboxylic acids is 2. The first-order valence-electron chi connectivity index (χ1n) is 8.05. The van der Waals surface area contributed by atoms with Gasteiger partial charge in [-0.15, -0.1) is 0 Å². The Bertz CT molecular complexity index is 542. The maximum absolute atomic E-state index is 13.0. The highest BCUT2D eigenvalue weighted by Gasteiger charge is 2.47. The van der Waals surface area contributed by atoms with Crippen LogP contribution < -0.4 is 0 Å². The summed E-state index contributed by atoms with van der Waals surface area (Å²) in [6.45, 7) is 0. The zero-order valence-corrected chi connectivity index (χ0v) is 12.6. The predicted octanol–water partition coefficient (Wildman–Crippen LogP) is 3.59. The average Bonchev–Trinajstić information content (AvgIpc) is 3.00. The Hall–Kier alpha value is -1.71. The number of rotatable bonds is 4. The molecule has 0 aromatic heterocycles. The minimum absolute atomic E-state index is 0.0118. The molecule has 1 aromatic rings. The summed E-state index contributed by atoms with van der Waals surface area (Å²) in [5.41, 5.74) is 0.366. The van der Waals surface area contributed by atoms with Gasteiger partial charge in [-0.1, -0.05) is 25.0 Å². The molecule has 1 heterocycles. The minimum atomic E-state index is -0.642. The molecule has 0 amide bonds. The first-order valence-corrected chi connectivity index (χ1v) is 8.05. The Morgan fingerprint density at radius 3 is 2.45 bits per heavy atom. The third kappa shape index (κ3) is 3.21. The normalized spacial score (nSPS) is 26.2. The Morgan fingerprint density at radius 1 is 1.14 bits per heavy atom. The van der Waals surface area contributed by atoms with Crippen molar-refractivity contribution in [2.45, 2.75) is 57.0 Å². The van der Waals surface area contributed by atoms with Gasteiger partial charge in [0, 0.05) is 6.42 Å². The lowest BCUT2D eigenvalue weighted by atomic mass is 9.76. The van der Waals surface area contributed by atoms with E-state index >= 15 is 0 Å². The summed E-state index contributed by atoms with van der Waals surface area (Å²) < 4.78 is 18.7. The molecule has 0 spiro atoms. The van der Waals surface area contributed by atoms with Crippen molar-refractivity contribution in [1.82, 2.24) is 0 Å². The lowest BCUT2D eigenvalue weighted by Crippen LogP contribution is -2.48. The number of hydrogen-bond donors (Lipinski definition) is 0. The van der Waals surface area contributed by atoms with Crippen molar-refractivity contribution in [3.63, 3.8) is 0 Å². The van der Waals surface area contributed by atoms with E-state index in [1.807, 2.05) is 0 Å². The molecular weight excluding hydrogens is 283 g/mol. The van der Waals surface area contributed by atoms with Crippen LogP contribution in [0.25, 0.3) is 0 Å². The first kappa shape index (κ1) is 15.2. The van der Waals surface area contributed by atoms with Crippen LogP contribution in [0.1, 0.15) is 50.5 Å². The second kappa shape index (κ2) is 6.19. The third-order valence-electron chi connectivity index (χ3n) is 5.00. The number of halogens is 1. The van der Waals surface area contributed by atoms with E-state index in [4.69, 9.17) is 4.74 Å². The van der Waals surface area contributed by atoms with Crippen molar-refractivity contribution in [1.29, 1.82) is 0 Å². The van der Waals surface area contributed by atoms with Crippen LogP contribution in [0.5, 0.6) is 0 Å². The van der Waals surface area contributed by atoms with Gasteiger partial charge in [-0.2, -0.15) is 0 Å². The molecular formula is C18H21FO3. The molecule has 118 valence electrons. The Labute approximate surface area is 129 Å². The highest BCUT2D eigenvalue weighted by atomic mass is 19.1. The fourth-order valence-corrected chi connectivity index (χ4v) is 3.89. The van der Waals surface area contributed by atoms with Gasteiger partial charge in [-0.3, -0.25) is 9.59 Å². The quantitative estimate of drug-likeness (QED) is 0.630. The van der Waals surface area contributed by atoms with E-state index in [1.165, 1.54) is 12.1 Å². The van der Waals surface area contributed by atoms with E-state index in [2.05, 4.69) is 0 Å². The lowest BCUT2D eigenvalue weighted by molar-refractivity contribution is -0.178. The molecule has 1 saturated carbocycles. The van der Waals surface area contributed by atoms with Crippen LogP contribution in [-0.2, 0) is 20.7 Å². The molecule has 0 radical (unpaired) electrons. The number of aryl methyl sites for hydroxylation is 1. The van der Waals surface area contributed by atoms with Gasteiger partial charge in [-0.05, 0) is 49.3 Å².